The molecule has 1 aliphatic heterocycles. The Kier molecular flexibility index (Phi) is 7.53. The van der Waals surface area contributed by atoms with Crippen LogP contribution in [0.25, 0.3) is 0 Å². The minimum Gasteiger partial charge on any atom is -0.444 e. The molecular formula is C22H35N5O2. The molecule has 0 radical (unpaired) electrons. The average Bonchev–Trinajstić information content (AvgIpc) is 3.14. The van der Waals surface area contributed by atoms with Crippen molar-refractivity contribution in [1.29, 1.82) is 0 Å². The van der Waals surface area contributed by atoms with Gasteiger partial charge in [-0.25, -0.2) is 4.79 Å². The lowest BCUT2D eigenvalue weighted by Gasteiger charge is -2.29. The van der Waals surface area contributed by atoms with Crippen LogP contribution in [0.1, 0.15) is 40.2 Å². The largest absolute Gasteiger partial charge is 0.444 e. The van der Waals surface area contributed by atoms with Gasteiger partial charge in [0.15, 0.2) is 5.96 Å². The average molecular weight is 402 g/mol. The van der Waals surface area contributed by atoms with Gasteiger partial charge < -0.3 is 25.6 Å². The monoisotopic (exact) mass is 401 g/mol. The first-order valence-electron chi connectivity index (χ1n) is 10.0. The van der Waals surface area contributed by atoms with Crippen LogP contribution < -0.4 is 20.9 Å². The highest BCUT2D eigenvalue weighted by Gasteiger charge is 2.24. The molecule has 29 heavy (non-hydrogen) atoms. The Balaban J connectivity index is 1.83. The number of carbonyl (C=O) groups is 1. The Morgan fingerprint density at radius 3 is 2.45 bits per heavy atom. The van der Waals surface area contributed by atoms with E-state index >= 15 is 0 Å². The van der Waals surface area contributed by atoms with Gasteiger partial charge in [-0.2, -0.15) is 0 Å². The number of alkyl carbamates (subject to hydrolysis) is 1. The van der Waals surface area contributed by atoms with E-state index in [1.165, 1.54) is 11.3 Å². The van der Waals surface area contributed by atoms with Crippen LogP contribution in [0, 0.1) is 0 Å². The van der Waals surface area contributed by atoms with Crippen molar-refractivity contribution in [2.45, 2.75) is 52.3 Å². The molecule has 1 heterocycles. The first-order chi connectivity index (χ1) is 13.6. The Morgan fingerprint density at radius 1 is 1.14 bits per heavy atom. The number of aliphatic imine (C=N–C) groups is 1. The Labute approximate surface area is 174 Å². The van der Waals surface area contributed by atoms with Crippen LogP contribution in [0.15, 0.2) is 41.4 Å². The van der Waals surface area contributed by atoms with Gasteiger partial charge in [-0.15, -0.1) is 0 Å². The van der Waals surface area contributed by atoms with Gasteiger partial charge in [-0.3, -0.25) is 4.99 Å². The standard InChI is InChI=1S/C22H35N5O2/c1-21(2,3)29-20(28)26-22(4,5)16-25-19(23-6)24-15-17-10-9-11-18(14-17)27-12-7-8-13-27/h7-11,14H,12-13,15-16H2,1-6H3,(H,26,28)(H2,23,24,25). The molecule has 0 aromatic heterocycles. The Morgan fingerprint density at radius 2 is 1.83 bits per heavy atom. The quantitative estimate of drug-likeness (QED) is 0.388. The summed E-state index contributed by atoms with van der Waals surface area (Å²) in [6, 6.07) is 8.51. The highest BCUT2D eigenvalue weighted by atomic mass is 16.6. The van der Waals surface area contributed by atoms with Crippen molar-refractivity contribution < 1.29 is 9.53 Å². The van der Waals surface area contributed by atoms with E-state index in [2.05, 4.69) is 62.3 Å². The molecule has 0 aliphatic carbocycles. The predicted octanol–water partition coefficient (Wildman–Crippen LogP) is 3.03. The van der Waals surface area contributed by atoms with Gasteiger partial charge in [0.1, 0.15) is 5.60 Å². The fraction of sp³-hybridized carbons (Fsp3) is 0.545. The third-order valence-corrected chi connectivity index (χ3v) is 4.31. The van der Waals surface area contributed by atoms with Crippen molar-refractivity contribution in [3.05, 3.63) is 42.0 Å². The summed E-state index contributed by atoms with van der Waals surface area (Å²) < 4.78 is 5.33. The minimum atomic E-state index is -0.523. The maximum atomic E-state index is 12.0. The topological polar surface area (TPSA) is 78.0 Å². The predicted molar refractivity (Wildman–Crippen MR) is 119 cm³/mol. The SMILES string of the molecule is CN=C(NCc1cccc(N2CC=CC2)c1)NCC(C)(C)NC(=O)OC(C)(C)C. The van der Waals surface area contributed by atoms with Crippen LogP contribution >= 0.6 is 0 Å². The number of anilines is 1. The first kappa shape index (κ1) is 22.6. The van der Waals surface area contributed by atoms with E-state index in [9.17, 15) is 4.79 Å². The van der Waals surface area contributed by atoms with Crippen molar-refractivity contribution in [2.24, 2.45) is 4.99 Å². The molecule has 1 aromatic rings. The normalized spacial score (nSPS) is 14.7. The second-order valence-electron chi connectivity index (χ2n) is 8.84. The lowest BCUT2D eigenvalue weighted by molar-refractivity contribution is 0.0474. The van der Waals surface area contributed by atoms with Gasteiger partial charge >= 0.3 is 6.09 Å². The molecule has 7 heteroatoms. The number of hydrogen-bond donors (Lipinski definition) is 3. The molecule has 1 aromatic carbocycles. The van der Waals surface area contributed by atoms with Gasteiger partial charge in [0.05, 0.1) is 5.54 Å². The molecule has 0 atom stereocenters. The second kappa shape index (κ2) is 9.67. The van der Waals surface area contributed by atoms with Crippen molar-refractivity contribution >= 4 is 17.7 Å². The zero-order chi connectivity index (χ0) is 21.5. The molecule has 160 valence electrons. The fourth-order valence-corrected chi connectivity index (χ4v) is 2.89. The third-order valence-electron chi connectivity index (χ3n) is 4.31. The number of hydrogen-bond acceptors (Lipinski definition) is 4. The molecule has 0 unspecified atom stereocenters. The lowest BCUT2D eigenvalue weighted by Crippen LogP contribution is -2.54. The van der Waals surface area contributed by atoms with E-state index in [1.807, 2.05) is 34.6 Å². The van der Waals surface area contributed by atoms with Crippen LogP contribution in [0.4, 0.5) is 10.5 Å². The third kappa shape index (κ3) is 8.05. The number of nitrogens with one attached hydrogen (secondary N) is 3. The molecule has 0 fully saturated rings. The molecule has 1 amide bonds. The smallest absolute Gasteiger partial charge is 0.408 e. The van der Waals surface area contributed by atoms with E-state index < -0.39 is 17.2 Å². The minimum absolute atomic E-state index is 0.430. The summed E-state index contributed by atoms with van der Waals surface area (Å²) in [7, 11) is 1.73. The summed E-state index contributed by atoms with van der Waals surface area (Å²) in [5.41, 5.74) is 1.39. The Bertz CT molecular complexity index is 742. The molecule has 0 bridgehead atoms. The zero-order valence-corrected chi connectivity index (χ0v) is 18.5. The summed E-state index contributed by atoms with van der Waals surface area (Å²) in [4.78, 5) is 18.6. The Hall–Kier alpha value is -2.70. The number of carbonyl (C=O) groups excluding carboxylic acids is 1. The molecule has 0 spiro atoms. The maximum absolute atomic E-state index is 12.0. The van der Waals surface area contributed by atoms with Crippen molar-refractivity contribution in [2.75, 3.05) is 31.6 Å². The first-order valence-corrected chi connectivity index (χ1v) is 10.0. The van der Waals surface area contributed by atoms with Crippen molar-refractivity contribution in [3.8, 4) is 0 Å². The summed E-state index contributed by atoms with van der Waals surface area (Å²) in [6.45, 7) is 12.5. The summed E-state index contributed by atoms with van der Waals surface area (Å²) >= 11 is 0. The van der Waals surface area contributed by atoms with Gasteiger partial charge in [-0.05, 0) is 52.3 Å². The number of guanidine groups is 1. The summed E-state index contributed by atoms with van der Waals surface area (Å²) in [5, 5.41) is 9.48. The van der Waals surface area contributed by atoms with E-state index in [0.717, 1.165) is 13.1 Å². The van der Waals surface area contributed by atoms with Crippen LogP contribution in [0.3, 0.4) is 0 Å². The summed E-state index contributed by atoms with van der Waals surface area (Å²) in [6.07, 6.45) is 3.94. The van der Waals surface area contributed by atoms with Gasteiger partial charge in [0.25, 0.3) is 0 Å². The molecular weight excluding hydrogens is 366 g/mol. The number of nitrogens with zero attached hydrogens (tertiary/aromatic N) is 2. The fourth-order valence-electron chi connectivity index (χ4n) is 2.89. The number of rotatable bonds is 6. The zero-order valence-electron chi connectivity index (χ0n) is 18.5. The molecule has 2 rings (SSSR count). The molecule has 3 N–H and O–H groups in total. The van der Waals surface area contributed by atoms with E-state index in [-0.39, 0.29) is 0 Å². The number of benzene rings is 1. The maximum Gasteiger partial charge on any atom is 0.408 e. The second-order valence-corrected chi connectivity index (χ2v) is 8.84. The summed E-state index contributed by atoms with van der Waals surface area (Å²) in [5.74, 6) is 0.678. The van der Waals surface area contributed by atoms with Crippen molar-refractivity contribution in [3.63, 3.8) is 0 Å². The van der Waals surface area contributed by atoms with E-state index in [4.69, 9.17) is 4.74 Å². The molecule has 1 aliphatic rings. The highest BCUT2D eigenvalue weighted by molar-refractivity contribution is 5.80. The van der Waals surface area contributed by atoms with E-state index in [1.54, 1.807) is 7.05 Å². The number of ether oxygens (including phenoxy) is 1. The van der Waals surface area contributed by atoms with Crippen molar-refractivity contribution in [1.82, 2.24) is 16.0 Å². The highest BCUT2D eigenvalue weighted by Crippen LogP contribution is 2.18. The van der Waals surface area contributed by atoms with Crippen LogP contribution in [-0.4, -0.2) is 49.9 Å². The number of amides is 1. The molecule has 0 saturated heterocycles. The van der Waals surface area contributed by atoms with Gasteiger partial charge in [0, 0.05) is 38.9 Å². The lowest BCUT2D eigenvalue weighted by atomic mass is 10.1. The van der Waals surface area contributed by atoms with Crippen LogP contribution in [0.5, 0.6) is 0 Å². The van der Waals surface area contributed by atoms with Gasteiger partial charge in [0.2, 0.25) is 0 Å². The molecule has 0 saturated carbocycles. The molecule has 7 nitrogen and oxygen atoms in total. The van der Waals surface area contributed by atoms with Crippen LogP contribution in [-0.2, 0) is 11.3 Å². The van der Waals surface area contributed by atoms with Crippen LogP contribution in [0.2, 0.25) is 0 Å². The van der Waals surface area contributed by atoms with Gasteiger partial charge in [-0.1, -0.05) is 24.3 Å². The van der Waals surface area contributed by atoms with E-state index in [0.29, 0.717) is 19.0 Å².